The first-order valence-electron chi connectivity index (χ1n) is 8.63. The molecule has 1 aliphatic carbocycles. The van der Waals surface area contributed by atoms with Crippen LogP contribution >= 0.6 is 11.8 Å². The molecule has 1 aromatic rings. The van der Waals surface area contributed by atoms with Crippen molar-refractivity contribution in [2.75, 3.05) is 18.1 Å². The third-order valence-corrected chi connectivity index (χ3v) is 6.12. The SMILES string of the molecule is CCCNC(CC1CCSCC1)C1CCc2cccnc21. The molecule has 0 radical (unpaired) electrons. The van der Waals surface area contributed by atoms with Crippen LogP contribution in [-0.2, 0) is 6.42 Å². The second-order valence-electron chi connectivity index (χ2n) is 6.55. The molecule has 2 unspecified atom stereocenters. The molecule has 0 aromatic carbocycles. The highest BCUT2D eigenvalue weighted by molar-refractivity contribution is 7.99. The maximum absolute atomic E-state index is 4.72. The zero-order valence-electron chi connectivity index (χ0n) is 13.2. The van der Waals surface area contributed by atoms with Crippen molar-refractivity contribution in [3.05, 3.63) is 29.6 Å². The summed E-state index contributed by atoms with van der Waals surface area (Å²) in [6.45, 7) is 3.41. The molecule has 2 aliphatic rings. The van der Waals surface area contributed by atoms with Crippen molar-refractivity contribution >= 4 is 11.8 Å². The Morgan fingerprint density at radius 3 is 3.00 bits per heavy atom. The van der Waals surface area contributed by atoms with E-state index in [-0.39, 0.29) is 0 Å². The monoisotopic (exact) mass is 304 g/mol. The predicted molar refractivity (Wildman–Crippen MR) is 92.0 cm³/mol. The van der Waals surface area contributed by atoms with Gasteiger partial charge in [-0.1, -0.05) is 13.0 Å². The maximum Gasteiger partial charge on any atom is 0.0482 e. The summed E-state index contributed by atoms with van der Waals surface area (Å²) in [5, 5.41) is 3.85. The lowest BCUT2D eigenvalue weighted by molar-refractivity contribution is 0.323. The van der Waals surface area contributed by atoms with Gasteiger partial charge in [-0.15, -0.1) is 0 Å². The molecule has 0 amide bonds. The average molecular weight is 305 g/mol. The third kappa shape index (κ3) is 3.81. The van der Waals surface area contributed by atoms with Crippen LogP contribution in [0.2, 0.25) is 0 Å². The minimum Gasteiger partial charge on any atom is -0.313 e. The molecule has 1 saturated heterocycles. The molecule has 2 nitrogen and oxygen atoms in total. The second-order valence-corrected chi connectivity index (χ2v) is 7.77. The van der Waals surface area contributed by atoms with Gasteiger partial charge in [-0.3, -0.25) is 4.98 Å². The van der Waals surface area contributed by atoms with E-state index in [4.69, 9.17) is 4.98 Å². The van der Waals surface area contributed by atoms with Crippen LogP contribution in [0, 0.1) is 5.92 Å². The zero-order valence-corrected chi connectivity index (χ0v) is 14.0. The Morgan fingerprint density at radius 2 is 2.19 bits per heavy atom. The summed E-state index contributed by atoms with van der Waals surface area (Å²) in [4.78, 5) is 4.72. The molecule has 1 fully saturated rings. The van der Waals surface area contributed by atoms with E-state index in [2.05, 4.69) is 36.1 Å². The van der Waals surface area contributed by atoms with Gasteiger partial charge < -0.3 is 5.32 Å². The number of pyridine rings is 1. The van der Waals surface area contributed by atoms with E-state index in [0.717, 1.165) is 12.5 Å². The molecule has 1 aliphatic heterocycles. The molecular weight excluding hydrogens is 276 g/mol. The average Bonchev–Trinajstić information content (AvgIpc) is 2.96. The highest BCUT2D eigenvalue weighted by Gasteiger charge is 2.32. The Kier molecular flexibility index (Phi) is 5.59. The van der Waals surface area contributed by atoms with Gasteiger partial charge in [0.1, 0.15) is 0 Å². The fourth-order valence-electron chi connectivity index (χ4n) is 3.90. The van der Waals surface area contributed by atoms with Crippen molar-refractivity contribution < 1.29 is 0 Å². The molecule has 116 valence electrons. The zero-order chi connectivity index (χ0) is 14.5. The van der Waals surface area contributed by atoms with Crippen LogP contribution in [0.1, 0.15) is 56.2 Å². The summed E-state index contributed by atoms with van der Waals surface area (Å²) in [6.07, 6.45) is 9.88. The fraction of sp³-hybridized carbons (Fsp3) is 0.722. The number of hydrogen-bond donors (Lipinski definition) is 1. The number of thioether (sulfide) groups is 1. The molecule has 2 atom stereocenters. The molecule has 3 rings (SSSR count). The van der Waals surface area contributed by atoms with Gasteiger partial charge in [-0.25, -0.2) is 0 Å². The van der Waals surface area contributed by atoms with Crippen molar-refractivity contribution in [1.29, 1.82) is 0 Å². The number of rotatable bonds is 6. The van der Waals surface area contributed by atoms with E-state index in [9.17, 15) is 0 Å². The second kappa shape index (κ2) is 7.64. The lowest BCUT2D eigenvalue weighted by Gasteiger charge is -2.31. The van der Waals surface area contributed by atoms with Gasteiger partial charge in [-0.2, -0.15) is 11.8 Å². The quantitative estimate of drug-likeness (QED) is 0.859. The van der Waals surface area contributed by atoms with Gasteiger partial charge in [0.25, 0.3) is 0 Å². The molecular formula is C18H28N2S. The van der Waals surface area contributed by atoms with E-state index in [1.54, 1.807) is 0 Å². The van der Waals surface area contributed by atoms with Gasteiger partial charge in [-0.05, 0) is 74.1 Å². The first-order valence-corrected chi connectivity index (χ1v) is 9.79. The van der Waals surface area contributed by atoms with Crippen LogP contribution in [-0.4, -0.2) is 29.1 Å². The Labute approximate surface area is 133 Å². The molecule has 0 saturated carbocycles. The summed E-state index contributed by atoms with van der Waals surface area (Å²) in [5.74, 6) is 4.30. The molecule has 0 spiro atoms. The van der Waals surface area contributed by atoms with Gasteiger partial charge in [0.15, 0.2) is 0 Å². The van der Waals surface area contributed by atoms with Crippen molar-refractivity contribution in [1.82, 2.24) is 10.3 Å². The van der Waals surface area contributed by atoms with Crippen molar-refractivity contribution in [2.45, 2.75) is 57.4 Å². The van der Waals surface area contributed by atoms with Crippen LogP contribution in [0.25, 0.3) is 0 Å². The Morgan fingerprint density at radius 1 is 1.33 bits per heavy atom. The van der Waals surface area contributed by atoms with Gasteiger partial charge in [0, 0.05) is 23.9 Å². The molecule has 0 bridgehead atoms. The van der Waals surface area contributed by atoms with Crippen LogP contribution in [0.5, 0.6) is 0 Å². The Bertz CT molecular complexity index is 443. The van der Waals surface area contributed by atoms with Crippen molar-refractivity contribution in [3.8, 4) is 0 Å². The number of aromatic nitrogens is 1. The Hall–Kier alpha value is -0.540. The maximum atomic E-state index is 4.72. The van der Waals surface area contributed by atoms with E-state index in [0.29, 0.717) is 12.0 Å². The number of hydrogen-bond acceptors (Lipinski definition) is 3. The van der Waals surface area contributed by atoms with Crippen LogP contribution in [0.4, 0.5) is 0 Å². The van der Waals surface area contributed by atoms with Crippen molar-refractivity contribution in [3.63, 3.8) is 0 Å². The summed E-state index contributed by atoms with van der Waals surface area (Å²) < 4.78 is 0. The largest absolute Gasteiger partial charge is 0.313 e. The molecule has 1 N–H and O–H groups in total. The first kappa shape index (κ1) is 15.4. The van der Waals surface area contributed by atoms with E-state index < -0.39 is 0 Å². The summed E-state index contributed by atoms with van der Waals surface area (Å²) in [6, 6.07) is 5.00. The fourth-order valence-corrected chi connectivity index (χ4v) is 5.10. The van der Waals surface area contributed by atoms with Crippen LogP contribution < -0.4 is 5.32 Å². The van der Waals surface area contributed by atoms with E-state index in [1.807, 2.05) is 6.20 Å². The minimum absolute atomic E-state index is 0.634. The highest BCUT2D eigenvalue weighted by atomic mass is 32.2. The summed E-state index contributed by atoms with van der Waals surface area (Å²) in [5.41, 5.74) is 2.88. The summed E-state index contributed by atoms with van der Waals surface area (Å²) >= 11 is 2.13. The van der Waals surface area contributed by atoms with E-state index in [1.165, 1.54) is 61.3 Å². The summed E-state index contributed by atoms with van der Waals surface area (Å²) in [7, 11) is 0. The standard InChI is InChI=1S/C18H28N2S/c1-2-9-19-17(13-14-7-11-21-12-8-14)16-6-5-15-4-3-10-20-18(15)16/h3-4,10,14,16-17,19H,2,5-9,11-13H2,1H3. The molecule has 21 heavy (non-hydrogen) atoms. The van der Waals surface area contributed by atoms with Crippen LogP contribution in [0.3, 0.4) is 0 Å². The van der Waals surface area contributed by atoms with Crippen molar-refractivity contribution in [2.24, 2.45) is 5.92 Å². The molecule has 2 heterocycles. The number of nitrogens with zero attached hydrogens (tertiary/aromatic N) is 1. The normalized spacial score (nSPS) is 24.0. The predicted octanol–water partition coefficient (Wildman–Crippen LogP) is 4.01. The lowest BCUT2D eigenvalue weighted by Crippen LogP contribution is -2.37. The van der Waals surface area contributed by atoms with Gasteiger partial charge in [0.2, 0.25) is 0 Å². The number of nitrogens with one attached hydrogen (secondary N) is 1. The third-order valence-electron chi connectivity index (χ3n) is 5.07. The molecule has 3 heteroatoms. The van der Waals surface area contributed by atoms with Crippen LogP contribution in [0.15, 0.2) is 18.3 Å². The lowest BCUT2D eigenvalue weighted by atomic mass is 9.86. The first-order chi connectivity index (χ1) is 10.4. The minimum atomic E-state index is 0.634. The topological polar surface area (TPSA) is 24.9 Å². The van der Waals surface area contributed by atoms with E-state index >= 15 is 0 Å². The van der Waals surface area contributed by atoms with Gasteiger partial charge in [0.05, 0.1) is 0 Å². The van der Waals surface area contributed by atoms with Gasteiger partial charge >= 0.3 is 0 Å². The highest BCUT2D eigenvalue weighted by Crippen LogP contribution is 2.37. The smallest absolute Gasteiger partial charge is 0.0482 e. The Balaban J connectivity index is 1.70. The number of aryl methyl sites for hydroxylation is 1. The molecule has 1 aromatic heterocycles. The number of fused-ring (bicyclic) bond motifs is 1.